The van der Waals surface area contributed by atoms with Gasteiger partial charge in [-0.05, 0) is 31.5 Å². The van der Waals surface area contributed by atoms with Crippen molar-refractivity contribution in [2.45, 2.75) is 24.5 Å². The van der Waals surface area contributed by atoms with Crippen molar-refractivity contribution in [2.75, 3.05) is 5.73 Å². The van der Waals surface area contributed by atoms with Crippen molar-refractivity contribution in [3.63, 3.8) is 0 Å². The van der Waals surface area contributed by atoms with Crippen molar-refractivity contribution < 1.29 is 4.21 Å². The molecule has 2 aromatic rings. The summed E-state index contributed by atoms with van der Waals surface area (Å²) < 4.78 is 14.1. The normalized spacial score (nSPS) is 12.6. The lowest BCUT2D eigenvalue weighted by Gasteiger charge is -2.07. The molecule has 1 aromatic heterocycles. The van der Waals surface area contributed by atoms with Gasteiger partial charge in [0.1, 0.15) is 5.15 Å². The van der Waals surface area contributed by atoms with E-state index in [1.54, 1.807) is 23.9 Å². The van der Waals surface area contributed by atoms with Crippen LogP contribution in [0.3, 0.4) is 0 Å². The van der Waals surface area contributed by atoms with Gasteiger partial charge in [0.25, 0.3) is 0 Å². The van der Waals surface area contributed by atoms with Crippen molar-refractivity contribution in [1.82, 2.24) is 9.78 Å². The van der Waals surface area contributed by atoms with E-state index in [1.165, 1.54) is 0 Å². The van der Waals surface area contributed by atoms with Crippen LogP contribution in [0.15, 0.2) is 23.1 Å². The maximum absolute atomic E-state index is 12.5. The van der Waals surface area contributed by atoms with Crippen LogP contribution in [-0.4, -0.2) is 14.0 Å². The first kappa shape index (κ1) is 14.1. The maximum Gasteiger partial charge on any atom is 0.131 e. The van der Waals surface area contributed by atoms with Crippen molar-refractivity contribution >= 4 is 28.1 Å². The number of hydrogen-bond acceptors (Lipinski definition) is 3. The molecule has 0 fully saturated rings. The highest BCUT2D eigenvalue weighted by molar-refractivity contribution is 7.84. The molecule has 0 saturated carbocycles. The van der Waals surface area contributed by atoms with Gasteiger partial charge in [0, 0.05) is 23.2 Å². The highest BCUT2D eigenvalue weighted by atomic mass is 35.5. The lowest BCUT2D eigenvalue weighted by Crippen LogP contribution is -2.01. The number of anilines is 1. The molecule has 0 spiro atoms. The first-order chi connectivity index (χ1) is 8.90. The van der Waals surface area contributed by atoms with Crippen molar-refractivity contribution in [3.05, 3.63) is 40.2 Å². The summed E-state index contributed by atoms with van der Waals surface area (Å²) in [5.74, 6) is 0.350. The SMILES string of the molecule is Cc1ccc(N)cc1S(=O)Cc1c(C)nn(C)c1Cl. The van der Waals surface area contributed by atoms with Gasteiger partial charge in [-0.25, -0.2) is 0 Å². The van der Waals surface area contributed by atoms with E-state index in [1.807, 2.05) is 19.9 Å². The predicted molar refractivity (Wildman–Crippen MR) is 78.7 cm³/mol. The highest BCUT2D eigenvalue weighted by Gasteiger charge is 2.16. The van der Waals surface area contributed by atoms with Crippen LogP contribution in [0, 0.1) is 13.8 Å². The zero-order chi connectivity index (χ0) is 14.2. The first-order valence-electron chi connectivity index (χ1n) is 5.82. The molecule has 0 bridgehead atoms. The van der Waals surface area contributed by atoms with Crippen molar-refractivity contribution in [2.24, 2.45) is 7.05 Å². The van der Waals surface area contributed by atoms with Crippen LogP contribution in [0.5, 0.6) is 0 Å². The molecular weight excluding hydrogens is 282 g/mol. The summed E-state index contributed by atoms with van der Waals surface area (Å²) in [5.41, 5.74) is 8.95. The fourth-order valence-corrected chi connectivity index (χ4v) is 3.69. The Morgan fingerprint density at radius 2 is 2.11 bits per heavy atom. The summed E-state index contributed by atoms with van der Waals surface area (Å²) in [6.45, 7) is 3.79. The van der Waals surface area contributed by atoms with E-state index in [-0.39, 0.29) is 0 Å². The maximum atomic E-state index is 12.5. The minimum Gasteiger partial charge on any atom is -0.399 e. The molecular formula is C13H16ClN3OS. The van der Waals surface area contributed by atoms with E-state index in [0.29, 0.717) is 16.6 Å². The molecule has 4 nitrogen and oxygen atoms in total. The Hall–Kier alpha value is -1.33. The van der Waals surface area contributed by atoms with Crippen molar-refractivity contribution in [3.8, 4) is 0 Å². The third kappa shape index (κ3) is 2.82. The van der Waals surface area contributed by atoms with Crippen LogP contribution in [0.2, 0.25) is 5.15 Å². The number of rotatable bonds is 3. The Morgan fingerprint density at radius 1 is 1.42 bits per heavy atom. The van der Waals surface area contributed by atoms with E-state index in [0.717, 1.165) is 21.7 Å². The smallest absolute Gasteiger partial charge is 0.131 e. The molecule has 0 aliphatic heterocycles. The summed E-state index contributed by atoms with van der Waals surface area (Å²) >= 11 is 6.16. The number of benzene rings is 1. The number of halogens is 1. The number of nitrogen functional groups attached to an aromatic ring is 1. The Balaban J connectivity index is 2.33. The molecule has 1 aromatic carbocycles. The second-order valence-corrected chi connectivity index (χ2v) is 6.27. The third-order valence-electron chi connectivity index (χ3n) is 3.00. The van der Waals surface area contributed by atoms with Gasteiger partial charge in [-0.3, -0.25) is 8.89 Å². The molecule has 0 radical (unpaired) electrons. The van der Waals surface area contributed by atoms with E-state index >= 15 is 0 Å². The minimum atomic E-state index is -1.18. The summed E-state index contributed by atoms with van der Waals surface area (Å²) in [7, 11) is 0.590. The van der Waals surface area contributed by atoms with E-state index in [2.05, 4.69) is 5.10 Å². The number of aromatic nitrogens is 2. The molecule has 0 aliphatic rings. The molecule has 102 valence electrons. The number of aryl methyl sites for hydroxylation is 3. The Kier molecular flexibility index (Phi) is 3.96. The van der Waals surface area contributed by atoms with Gasteiger partial charge in [0.2, 0.25) is 0 Å². The molecule has 2 rings (SSSR count). The fourth-order valence-electron chi connectivity index (χ4n) is 1.91. The highest BCUT2D eigenvalue weighted by Crippen LogP contribution is 2.24. The second-order valence-electron chi connectivity index (χ2n) is 4.49. The molecule has 1 unspecified atom stereocenters. The molecule has 1 heterocycles. The van der Waals surface area contributed by atoms with Crippen LogP contribution >= 0.6 is 11.6 Å². The minimum absolute atomic E-state index is 0.350. The van der Waals surface area contributed by atoms with Crippen LogP contribution < -0.4 is 5.73 Å². The predicted octanol–water partition coefficient (Wildman–Crippen LogP) is 2.58. The molecule has 0 aliphatic carbocycles. The Bertz CT molecular complexity index is 652. The zero-order valence-electron chi connectivity index (χ0n) is 11.1. The fraction of sp³-hybridized carbons (Fsp3) is 0.308. The molecule has 6 heteroatoms. The largest absolute Gasteiger partial charge is 0.399 e. The molecule has 0 saturated heterocycles. The van der Waals surface area contributed by atoms with Gasteiger partial charge in [-0.1, -0.05) is 17.7 Å². The van der Waals surface area contributed by atoms with Crippen LogP contribution in [0.1, 0.15) is 16.8 Å². The molecule has 0 amide bonds. The number of hydrogen-bond donors (Lipinski definition) is 1. The zero-order valence-corrected chi connectivity index (χ0v) is 12.7. The summed E-state index contributed by atoms with van der Waals surface area (Å²) in [5, 5.41) is 4.76. The topological polar surface area (TPSA) is 60.9 Å². The van der Waals surface area contributed by atoms with Crippen molar-refractivity contribution in [1.29, 1.82) is 0 Å². The van der Waals surface area contributed by atoms with Gasteiger partial charge in [0.15, 0.2) is 0 Å². The van der Waals surface area contributed by atoms with Crippen LogP contribution in [0.4, 0.5) is 5.69 Å². The number of nitrogens with two attached hydrogens (primary N) is 1. The lowest BCUT2D eigenvalue weighted by atomic mass is 10.2. The third-order valence-corrected chi connectivity index (χ3v) is 4.96. The standard InChI is InChI=1S/C13H16ClN3OS/c1-8-4-5-10(15)6-12(8)19(18)7-11-9(2)16-17(3)13(11)14/h4-6H,7,15H2,1-3H3. The molecule has 19 heavy (non-hydrogen) atoms. The lowest BCUT2D eigenvalue weighted by molar-refractivity contribution is 0.682. The van der Waals surface area contributed by atoms with E-state index in [9.17, 15) is 4.21 Å². The average Bonchev–Trinajstić information content (AvgIpc) is 2.59. The molecule has 1 atom stereocenters. The van der Waals surface area contributed by atoms with Gasteiger partial charge >= 0.3 is 0 Å². The van der Waals surface area contributed by atoms with E-state index in [4.69, 9.17) is 17.3 Å². The number of nitrogens with zero attached hydrogens (tertiary/aromatic N) is 2. The first-order valence-corrected chi connectivity index (χ1v) is 7.52. The Labute approximate surface area is 120 Å². The Morgan fingerprint density at radius 3 is 2.68 bits per heavy atom. The average molecular weight is 298 g/mol. The van der Waals surface area contributed by atoms with Gasteiger partial charge in [-0.2, -0.15) is 5.10 Å². The van der Waals surface area contributed by atoms with Crippen LogP contribution in [-0.2, 0) is 23.6 Å². The van der Waals surface area contributed by atoms with Gasteiger partial charge in [-0.15, -0.1) is 0 Å². The molecule has 2 N–H and O–H groups in total. The summed E-state index contributed by atoms with van der Waals surface area (Å²) in [6, 6.07) is 5.43. The summed E-state index contributed by atoms with van der Waals surface area (Å²) in [4.78, 5) is 0.749. The second kappa shape index (κ2) is 5.35. The van der Waals surface area contributed by atoms with E-state index < -0.39 is 10.8 Å². The van der Waals surface area contributed by atoms with Gasteiger partial charge < -0.3 is 5.73 Å². The monoisotopic (exact) mass is 297 g/mol. The van der Waals surface area contributed by atoms with Crippen LogP contribution in [0.25, 0.3) is 0 Å². The summed E-state index contributed by atoms with van der Waals surface area (Å²) in [6.07, 6.45) is 0. The quantitative estimate of drug-likeness (QED) is 0.886. The van der Waals surface area contributed by atoms with Gasteiger partial charge in [0.05, 0.1) is 22.2 Å².